The molecule has 40 heavy (non-hydrogen) atoms. The van der Waals surface area contributed by atoms with Crippen molar-refractivity contribution in [2.75, 3.05) is 32.8 Å². The van der Waals surface area contributed by atoms with Gasteiger partial charge in [0.05, 0.1) is 32.6 Å². The van der Waals surface area contributed by atoms with Gasteiger partial charge in [0.25, 0.3) is 5.91 Å². The van der Waals surface area contributed by atoms with E-state index in [2.05, 4.69) is 0 Å². The number of rotatable bonds is 10. The monoisotopic (exact) mass is 562 g/mol. The normalized spacial score (nSPS) is 13.9. The van der Waals surface area contributed by atoms with Crippen LogP contribution in [0.15, 0.2) is 72.4 Å². The fourth-order valence-corrected chi connectivity index (χ4v) is 4.29. The third-order valence-electron chi connectivity index (χ3n) is 6.07. The number of amides is 1. The fraction of sp³-hybridized carbons (Fsp3) is 0.172. The highest BCUT2D eigenvalue weighted by atomic mass is 32.1. The summed E-state index contributed by atoms with van der Waals surface area (Å²) in [6, 6.07) is 18.3. The lowest BCUT2D eigenvalue weighted by Crippen LogP contribution is -2.35. The Hall–Kier alpha value is -4.90. The van der Waals surface area contributed by atoms with Gasteiger partial charge in [0.2, 0.25) is 0 Å². The molecule has 11 heteroatoms. The number of carbonyl (C=O) groups is 3. The Bertz CT molecular complexity index is 1470. The Labute approximate surface area is 235 Å². The molecule has 1 N–H and O–H groups in total. The molecular weight excluding hydrogens is 536 g/mol. The van der Waals surface area contributed by atoms with Crippen molar-refractivity contribution in [3.05, 3.63) is 89.1 Å². The third-order valence-corrected chi connectivity index (χ3v) is 6.47. The Morgan fingerprint density at radius 3 is 2.23 bits per heavy atom. The number of carboxylic acid groups (broad SMARTS) is 1. The lowest BCUT2D eigenvalue weighted by atomic mass is 10.1. The molecule has 3 aromatic carbocycles. The van der Waals surface area contributed by atoms with Gasteiger partial charge in [-0.05, 0) is 78.0 Å². The van der Waals surface area contributed by atoms with Crippen molar-refractivity contribution in [3.63, 3.8) is 0 Å². The van der Waals surface area contributed by atoms with Crippen molar-refractivity contribution < 1.29 is 38.4 Å². The molecule has 0 unspecified atom stereocenters. The minimum Gasteiger partial charge on any atom is -0.497 e. The minimum absolute atomic E-state index is 0.132. The zero-order chi connectivity index (χ0) is 28.8. The number of ether oxygens (including phenoxy) is 4. The standard InChI is InChI=1S/C29H26N2O8S/c1-36-22-11-9-21(10-12-22)31-27(33)23(30(29(31)40)16-26(32)38-3)14-19-6-13-24(25(15-19)37-2)39-17-18-4-7-20(8-5-18)28(34)35/h4-15H,16-17H2,1-3H3,(H,34,35)/b23-14-. The highest BCUT2D eigenvalue weighted by Gasteiger charge is 2.40. The van der Waals surface area contributed by atoms with E-state index >= 15 is 0 Å². The Morgan fingerprint density at radius 2 is 1.62 bits per heavy atom. The highest BCUT2D eigenvalue weighted by Crippen LogP contribution is 2.33. The van der Waals surface area contributed by atoms with Gasteiger partial charge in [-0.1, -0.05) is 18.2 Å². The van der Waals surface area contributed by atoms with Crippen LogP contribution in [-0.4, -0.2) is 60.8 Å². The molecule has 0 radical (unpaired) electrons. The van der Waals surface area contributed by atoms with E-state index in [1.54, 1.807) is 67.8 Å². The van der Waals surface area contributed by atoms with Crippen molar-refractivity contribution >= 4 is 46.9 Å². The summed E-state index contributed by atoms with van der Waals surface area (Å²) >= 11 is 5.59. The Balaban J connectivity index is 1.61. The molecule has 1 saturated heterocycles. The minimum atomic E-state index is -1.00. The summed E-state index contributed by atoms with van der Waals surface area (Å²) < 4.78 is 21.4. The molecule has 0 aromatic heterocycles. The van der Waals surface area contributed by atoms with Crippen molar-refractivity contribution in [1.82, 2.24) is 4.90 Å². The quantitative estimate of drug-likeness (QED) is 0.220. The maximum absolute atomic E-state index is 13.6. The number of aromatic carboxylic acids is 1. The van der Waals surface area contributed by atoms with Gasteiger partial charge in [-0.15, -0.1) is 0 Å². The first-order valence-corrected chi connectivity index (χ1v) is 12.4. The van der Waals surface area contributed by atoms with Crippen LogP contribution < -0.4 is 19.1 Å². The number of anilines is 1. The number of methoxy groups -OCH3 is 3. The zero-order valence-corrected chi connectivity index (χ0v) is 22.8. The summed E-state index contributed by atoms with van der Waals surface area (Å²) in [7, 11) is 4.30. The maximum atomic E-state index is 13.6. The van der Waals surface area contributed by atoms with Crippen LogP contribution in [0.2, 0.25) is 0 Å². The number of carboxylic acids is 1. The molecule has 0 bridgehead atoms. The number of hydrogen-bond donors (Lipinski definition) is 1. The number of benzene rings is 3. The molecule has 4 rings (SSSR count). The smallest absolute Gasteiger partial charge is 0.335 e. The first-order valence-electron chi connectivity index (χ1n) is 12.0. The van der Waals surface area contributed by atoms with Crippen LogP contribution >= 0.6 is 12.2 Å². The number of thiocarbonyl (C=S) groups is 1. The summed E-state index contributed by atoms with van der Waals surface area (Å²) in [6.45, 7) is -0.0638. The molecular formula is C29H26N2O8S. The van der Waals surface area contributed by atoms with Crippen LogP contribution in [0.3, 0.4) is 0 Å². The van der Waals surface area contributed by atoms with E-state index in [0.717, 1.165) is 5.56 Å². The summed E-state index contributed by atoms with van der Waals surface area (Å²) in [5.74, 6) is -0.492. The first kappa shape index (κ1) is 28.1. The second-order valence-corrected chi connectivity index (χ2v) is 8.88. The van der Waals surface area contributed by atoms with E-state index in [0.29, 0.717) is 28.5 Å². The predicted octanol–water partition coefficient (Wildman–Crippen LogP) is 4.13. The molecule has 0 atom stereocenters. The van der Waals surface area contributed by atoms with Gasteiger partial charge in [-0.2, -0.15) is 0 Å². The molecule has 0 aliphatic carbocycles. The molecule has 0 spiro atoms. The number of hydrogen-bond acceptors (Lipinski definition) is 8. The Morgan fingerprint density at radius 1 is 0.925 bits per heavy atom. The third kappa shape index (κ3) is 6.05. The summed E-state index contributed by atoms with van der Waals surface area (Å²) in [5, 5.41) is 9.19. The van der Waals surface area contributed by atoms with Crippen LogP contribution in [0, 0.1) is 0 Å². The average Bonchev–Trinajstić information content (AvgIpc) is 3.20. The maximum Gasteiger partial charge on any atom is 0.335 e. The largest absolute Gasteiger partial charge is 0.497 e. The van der Waals surface area contributed by atoms with Gasteiger partial charge in [0.15, 0.2) is 16.6 Å². The van der Waals surface area contributed by atoms with Gasteiger partial charge in [0.1, 0.15) is 24.6 Å². The highest BCUT2D eigenvalue weighted by molar-refractivity contribution is 7.80. The van der Waals surface area contributed by atoms with E-state index < -0.39 is 17.8 Å². The van der Waals surface area contributed by atoms with Gasteiger partial charge in [-0.25, -0.2) is 4.79 Å². The molecule has 1 aliphatic heterocycles. The van der Waals surface area contributed by atoms with Gasteiger partial charge in [-0.3, -0.25) is 14.5 Å². The molecule has 0 saturated carbocycles. The number of carbonyl (C=O) groups excluding carboxylic acids is 2. The van der Waals surface area contributed by atoms with Crippen molar-refractivity contribution in [2.45, 2.75) is 6.61 Å². The van der Waals surface area contributed by atoms with Crippen LogP contribution in [0.5, 0.6) is 17.2 Å². The van der Waals surface area contributed by atoms with Crippen molar-refractivity contribution in [3.8, 4) is 17.2 Å². The van der Waals surface area contributed by atoms with Gasteiger partial charge in [0, 0.05) is 0 Å². The Kier molecular flexibility index (Phi) is 8.65. The van der Waals surface area contributed by atoms with E-state index in [4.69, 9.17) is 36.3 Å². The molecule has 1 heterocycles. The zero-order valence-electron chi connectivity index (χ0n) is 22.0. The second-order valence-electron chi connectivity index (χ2n) is 8.51. The predicted molar refractivity (Wildman–Crippen MR) is 151 cm³/mol. The second kappa shape index (κ2) is 12.3. The lowest BCUT2D eigenvalue weighted by molar-refractivity contribution is -0.140. The fourth-order valence-electron chi connectivity index (χ4n) is 3.94. The van der Waals surface area contributed by atoms with Gasteiger partial charge >= 0.3 is 11.9 Å². The molecule has 3 aromatic rings. The van der Waals surface area contributed by atoms with E-state index in [1.807, 2.05) is 0 Å². The molecule has 1 amide bonds. The van der Waals surface area contributed by atoms with Gasteiger partial charge < -0.3 is 29.0 Å². The molecule has 1 fully saturated rings. The SMILES string of the molecule is COC(=O)CN1C(=S)N(c2ccc(OC)cc2)C(=O)/C1=C/c1ccc(OCc2ccc(C(=O)O)cc2)c(OC)c1. The molecule has 206 valence electrons. The lowest BCUT2D eigenvalue weighted by Gasteiger charge is -2.19. The molecule has 1 aliphatic rings. The van der Waals surface area contributed by atoms with Crippen LogP contribution in [-0.2, 0) is 20.9 Å². The summed E-state index contributed by atoms with van der Waals surface area (Å²) in [4.78, 5) is 39.5. The number of esters is 1. The van der Waals surface area contributed by atoms with E-state index in [9.17, 15) is 14.4 Å². The molecule has 10 nitrogen and oxygen atoms in total. The van der Waals surface area contributed by atoms with E-state index in [1.165, 1.54) is 36.2 Å². The summed E-state index contributed by atoms with van der Waals surface area (Å²) in [5.41, 5.74) is 2.27. The topological polar surface area (TPSA) is 115 Å². The number of nitrogens with zero attached hydrogens (tertiary/aromatic N) is 2. The van der Waals surface area contributed by atoms with Crippen molar-refractivity contribution in [2.24, 2.45) is 0 Å². The van der Waals surface area contributed by atoms with Crippen LogP contribution in [0.25, 0.3) is 6.08 Å². The van der Waals surface area contributed by atoms with Crippen LogP contribution in [0.4, 0.5) is 5.69 Å². The summed E-state index contributed by atoms with van der Waals surface area (Å²) in [6.07, 6.45) is 1.61. The average molecular weight is 563 g/mol. The first-order chi connectivity index (χ1) is 19.2. The van der Waals surface area contributed by atoms with Crippen LogP contribution in [0.1, 0.15) is 21.5 Å². The van der Waals surface area contributed by atoms with Crippen molar-refractivity contribution in [1.29, 1.82) is 0 Å². The van der Waals surface area contributed by atoms with E-state index in [-0.39, 0.29) is 29.5 Å².